The number of hydrogen-bond acceptors (Lipinski definition) is 2. The molecule has 0 radical (unpaired) electrons. The first-order valence-electron chi connectivity index (χ1n) is 7.22. The largest absolute Gasteiger partial charge is 0.350 e. The van der Waals surface area contributed by atoms with Gasteiger partial charge in [0, 0.05) is 37.4 Å². The highest BCUT2D eigenvalue weighted by molar-refractivity contribution is 6.31. The van der Waals surface area contributed by atoms with Crippen LogP contribution in [0.25, 0.3) is 0 Å². The molecule has 0 aliphatic carbocycles. The summed E-state index contributed by atoms with van der Waals surface area (Å²) >= 11 is 6.15. The Balaban J connectivity index is 2.10. The van der Waals surface area contributed by atoms with Crippen LogP contribution in [0.4, 0.5) is 0 Å². The summed E-state index contributed by atoms with van der Waals surface area (Å²) in [6.07, 6.45) is 10.1. The molecule has 20 heavy (non-hydrogen) atoms. The third-order valence-corrected chi connectivity index (χ3v) is 3.75. The summed E-state index contributed by atoms with van der Waals surface area (Å²) in [6.45, 7) is 6.15. The van der Waals surface area contributed by atoms with Gasteiger partial charge in [-0.15, -0.1) is 0 Å². The third-order valence-electron chi connectivity index (χ3n) is 3.41. The van der Waals surface area contributed by atoms with E-state index in [-0.39, 0.29) is 0 Å². The lowest BCUT2D eigenvalue weighted by Gasteiger charge is -2.15. The molecule has 0 aliphatic rings. The van der Waals surface area contributed by atoms with Crippen LogP contribution in [0.3, 0.4) is 0 Å². The van der Waals surface area contributed by atoms with E-state index in [9.17, 15) is 0 Å². The Morgan fingerprint density at radius 3 is 2.90 bits per heavy atom. The lowest BCUT2D eigenvalue weighted by molar-refractivity contribution is 0.508. The second kappa shape index (κ2) is 7.46. The fourth-order valence-electron chi connectivity index (χ4n) is 2.41. The van der Waals surface area contributed by atoms with Gasteiger partial charge in [-0.3, -0.25) is 4.98 Å². The Bertz CT molecular complexity index is 530. The van der Waals surface area contributed by atoms with Gasteiger partial charge in [-0.1, -0.05) is 31.9 Å². The summed E-state index contributed by atoms with van der Waals surface area (Å²) < 4.78 is 2.18. The van der Waals surface area contributed by atoms with E-state index >= 15 is 0 Å². The molecule has 0 spiro atoms. The van der Waals surface area contributed by atoms with Crippen LogP contribution in [-0.4, -0.2) is 16.1 Å². The number of aromatic nitrogens is 2. The lowest BCUT2D eigenvalue weighted by atomic mass is 10.1. The average Bonchev–Trinajstić information content (AvgIpc) is 2.90. The number of pyridine rings is 1. The molecule has 108 valence electrons. The maximum Gasteiger partial charge on any atom is 0.0639 e. The van der Waals surface area contributed by atoms with Crippen LogP contribution in [-0.2, 0) is 6.54 Å². The van der Waals surface area contributed by atoms with E-state index in [1.807, 2.05) is 6.07 Å². The van der Waals surface area contributed by atoms with Gasteiger partial charge in [-0.2, -0.15) is 0 Å². The van der Waals surface area contributed by atoms with E-state index in [1.165, 1.54) is 12.0 Å². The zero-order valence-corrected chi connectivity index (χ0v) is 12.9. The molecule has 2 rings (SSSR count). The van der Waals surface area contributed by atoms with Crippen LogP contribution in [0.15, 0.2) is 36.9 Å². The maximum atomic E-state index is 6.15. The highest BCUT2D eigenvalue weighted by atomic mass is 35.5. The molecule has 4 heteroatoms. The van der Waals surface area contributed by atoms with Crippen molar-refractivity contribution in [3.05, 3.63) is 53.1 Å². The number of rotatable bonds is 7. The number of halogens is 1. The molecule has 0 bridgehead atoms. The standard InChI is InChI=1S/C16H22ClN3/c1-3-5-16(19-4-2)14-7-9-20(12-14)11-13-6-8-18-10-15(13)17/h6-10,12,16,19H,3-5,11H2,1-2H3. The third kappa shape index (κ3) is 3.84. The summed E-state index contributed by atoms with van der Waals surface area (Å²) in [7, 11) is 0. The molecule has 0 aliphatic heterocycles. The van der Waals surface area contributed by atoms with Crippen LogP contribution >= 0.6 is 11.6 Å². The van der Waals surface area contributed by atoms with Gasteiger partial charge in [0.05, 0.1) is 5.02 Å². The topological polar surface area (TPSA) is 29.9 Å². The molecule has 1 unspecified atom stereocenters. The van der Waals surface area contributed by atoms with Crippen molar-refractivity contribution in [2.45, 2.75) is 39.3 Å². The quantitative estimate of drug-likeness (QED) is 0.834. The predicted octanol–water partition coefficient (Wildman–Crippen LogP) is 4.04. The van der Waals surface area contributed by atoms with Crippen molar-refractivity contribution in [3.8, 4) is 0 Å². The zero-order chi connectivity index (χ0) is 14.4. The molecule has 1 atom stereocenters. The van der Waals surface area contributed by atoms with Crippen molar-refractivity contribution < 1.29 is 0 Å². The fourth-order valence-corrected chi connectivity index (χ4v) is 2.59. The summed E-state index contributed by atoms with van der Waals surface area (Å²) in [6, 6.07) is 4.60. The Hall–Kier alpha value is -1.32. The minimum atomic E-state index is 0.444. The first-order valence-corrected chi connectivity index (χ1v) is 7.59. The molecular formula is C16H22ClN3. The maximum absolute atomic E-state index is 6.15. The van der Waals surface area contributed by atoms with Crippen molar-refractivity contribution in [2.75, 3.05) is 6.54 Å². The Morgan fingerprint density at radius 2 is 2.20 bits per heavy atom. The predicted molar refractivity (Wildman–Crippen MR) is 84.1 cm³/mol. The van der Waals surface area contributed by atoms with Crippen molar-refractivity contribution in [2.24, 2.45) is 0 Å². The Morgan fingerprint density at radius 1 is 1.35 bits per heavy atom. The van der Waals surface area contributed by atoms with Crippen LogP contribution in [0.1, 0.15) is 43.9 Å². The van der Waals surface area contributed by atoms with E-state index in [0.29, 0.717) is 6.04 Å². The minimum absolute atomic E-state index is 0.444. The van der Waals surface area contributed by atoms with E-state index < -0.39 is 0 Å². The molecular weight excluding hydrogens is 270 g/mol. The summed E-state index contributed by atoms with van der Waals surface area (Å²) in [5, 5.41) is 4.26. The molecule has 2 heterocycles. The van der Waals surface area contributed by atoms with Gasteiger partial charge in [0.1, 0.15) is 0 Å². The summed E-state index contributed by atoms with van der Waals surface area (Å²) in [5.41, 5.74) is 2.44. The molecule has 3 nitrogen and oxygen atoms in total. The molecule has 0 saturated carbocycles. The van der Waals surface area contributed by atoms with Gasteiger partial charge >= 0.3 is 0 Å². The molecule has 2 aromatic heterocycles. The zero-order valence-electron chi connectivity index (χ0n) is 12.1. The van der Waals surface area contributed by atoms with E-state index in [1.54, 1.807) is 12.4 Å². The minimum Gasteiger partial charge on any atom is -0.350 e. The average molecular weight is 292 g/mol. The van der Waals surface area contributed by atoms with Crippen LogP contribution < -0.4 is 5.32 Å². The summed E-state index contributed by atoms with van der Waals surface area (Å²) in [4.78, 5) is 4.02. The van der Waals surface area contributed by atoms with Crippen molar-refractivity contribution in [1.29, 1.82) is 0 Å². The molecule has 0 amide bonds. The number of nitrogens with zero attached hydrogens (tertiary/aromatic N) is 2. The molecule has 0 saturated heterocycles. The molecule has 0 fully saturated rings. The highest BCUT2D eigenvalue weighted by Crippen LogP contribution is 2.20. The monoisotopic (exact) mass is 291 g/mol. The second-order valence-corrected chi connectivity index (χ2v) is 5.39. The van der Waals surface area contributed by atoms with Crippen LogP contribution in [0.5, 0.6) is 0 Å². The van der Waals surface area contributed by atoms with Crippen molar-refractivity contribution in [1.82, 2.24) is 14.9 Å². The van der Waals surface area contributed by atoms with Gasteiger partial charge in [0.15, 0.2) is 0 Å². The highest BCUT2D eigenvalue weighted by Gasteiger charge is 2.10. The fraction of sp³-hybridized carbons (Fsp3) is 0.438. The molecule has 0 aromatic carbocycles. The molecule has 2 aromatic rings. The number of nitrogens with one attached hydrogen (secondary N) is 1. The normalized spacial score (nSPS) is 12.6. The molecule has 1 N–H and O–H groups in total. The van der Waals surface area contributed by atoms with Crippen LogP contribution in [0.2, 0.25) is 5.02 Å². The van der Waals surface area contributed by atoms with E-state index in [2.05, 4.69) is 47.2 Å². The smallest absolute Gasteiger partial charge is 0.0639 e. The van der Waals surface area contributed by atoms with E-state index in [0.717, 1.165) is 30.1 Å². The second-order valence-electron chi connectivity index (χ2n) is 4.98. The first kappa shape index (κ1) is 15.1. The first-order chi connectivity index (χ1) is 9.74. The van der Waals surface area contributed by atoms with E-state index in [4.69, 9.17) is 11.6 Å². The SMILES string of the molecule is CCCC(NCC)c1ccn(Cc2ccncc2Cl)c1. The van der Waals surface area contributed by atoms with Gasteiger partial charge in [0.25, 0.3) is 0 Å². The lowest BCUT2D eigenvalue weighted by Crippen LogP contribution is -2.20. The van der Waals surface area contributed by atoms with Gasteiger partial charge < -0.3 is 9.88 Å². The Kier molecular flexibility index (Phi) is 5.62. The van der Waals surface area contributed by atoms with Crippen molar-refractivity contribution >= 4 is 11.6 Å². The Labute approximate surface area is 126 Å². The van der Waals surface area contributed by atoms with Crippen molar-refractivity contribution in [3.63, 3.8) is 0 Å². The summed E-state index contributed by atoms with van der Waals surface area (Å²) in [5.74, 6) is 0. The number of hydrogen-bond donors (Lipinski definition) is 1. The van der Waals surface area contributed by atoms with Gasteiger partial charge in [-0.05, 0) is 36.2 Å². The van der Waals surface area contributed by atoms with Gasteiger partial charge in [0.2, 0.25) is 0 Å². The van der Waals surface area contributed by atoms with Gasteiger partial charge in [-0.25, -0.2) is 0 Å². The van der Waals surface area contributed by atoms with Crippen LogP contribution in [0, 0.1) is 0 Å².